The summed E-state index contributed by atoms with van der Waals surface area (Å²) in [6.45, 7) is 1.51. The fourth-order valence-electron chi connectivity index (χ4n) is 2.81. The highest BCUT2D eigenvalue weighted by Gasteiger charge is 2.25. The van der Waals surface area contributed by atoms with E-state index in [2.05, 4.69) is 5.32 Å². The third kappa shape index (κ3) is 5.22. The summed E-state index contributed by atoms with van der Waals surface area (Å²) in [4.78, 5) is 13.7. The lowest BCUT2D eigenvalue weighted by molar-refractivity contribution is 0.0564. The lowest BCUT2D eigenvalue weighted by atomic mass is 9.86. The normalized spacial score (nSPS) is 21.2. The van der Waals surface area contributed by atoms with Crippen LogP contribution in [0.1, 0.15) is 25.7 Å². The number of aliphatic hydroxyl groups excluding tert-OH is 1. The lowest BCUT2D eigenvalue weighted by Gasteiger charge is -2.31. The minimum Gasteiger partial charge on any atom is -0.492 e. The third-order valence-electron chi connectivity index (χ3n) is 4.11. The number of hydrogen-bond donors (Lipinski definition) is 2. The number of benzene rings is 1. The van der Waals surface area contributed by atoms with Crippen LogP contribution in [0, 0.1) is 5.92 Å². The summed E-state index contributed by atoms with van der Waals surface area (Å²) in [7, 11) is 1.77. The summed E-state index contributed by atoms with van der Waals surface area (Å²) in [6, 6.07) is 9.42. The Balaban J connectivity index is 1.63. The van der Waals surface area contributed by atoms with Crippen LogP contribution >= 0.6 is 0 Å². The van der Waals surface area contributed by atoms with E-state index in [-0.39, 0.29) is 18.1 Å². The van der Waals surface area contributed by atoms with E-state index in [1.807, 2.05) is 30.3 Å². The fourth-order valence-corrected chi connectivity index (χ4v) is 2.81. The van der Waals surface area contributed by atoms with E-state index in [0.29, 0.717) is 19.7 Å². The van der Waals surface area contributed by atoms with Gasteiger partial charge in [0.2, 0.25) is 0 Å². The molecule has 122 valence electrons. The van der Waals surface area contributed by atoms with Crippen molar-refractivity contribution in [2.75, 3.05) is 26.7 Å². The Morgan fingerprint density at radius 1 is 1.32 bits per heavy atom. The van der Waals surface area contributed by atoms with Gasteiger partial charge < -0.3 is 20.1 Å². The van der Waals surface area contributed by atoms with E-state index in [1.165, 1.54) is 0 Å². The van der Waals surface area contributed by atoms with Crippen molar-refractivity contribution in [3.05, 3.63) is 30.3 Å². The molecule has 0 saturated heterocycles. The molecule has 2 N–H and O–H groups in total. The van der Waals surface area contributed by atoms with Crippen LogP contribution in [0.2, 0.25) is 0 Å². The third-order valence-corrected chi connectivity index (χ3v) is 4.11. The second-order valence-electron chi connectivity index (χ2n) is 5.89. The minimum atomic E-state index is -0.273. The molecular formula is C17H26N2O3. The maximum atomic E-state index is 12.0. The molecule has 1 aromatic rings. The van der Waals surface area contributed by atoms with Gasteiger partial charge in [0.15, 0.2) is 0 Å². The molecule has 0 heterocycles. The Bertz CT molecular complexity index is 452. The van der Waals surface area contributed by atoms with Crippen LogP contribution in [0.5, 0.6) is 5.75 Å². The van der Waals surface area contributed by atoms with Crippen molar-refractivity contribution in [1.29, 1.82) is 0 Å². The van der Waals surface area contributed by atoms with E-state index >= 15 is 0 Å². The Kier molecular flexibility index (Phi) is 6.52. The van der Waals surface area contributed by atoms with Crippen LogP contribution in [-0.4, -0.2) is 48.9 Å². The molecule has 2 atom stereocenters. The molecule has 2 rings (SSSR count). The van der Waals surface area contributed by atoms with Gasteiger partial charge in [0.1, 0.15) is 12.4 Å². The van der Waals surface area contributed by atoms with Gasteiger partial charge in [-0.3, -0.25) is 0 Å². The highest BCUT2D eigenvalue weighted by Crippen LogP contribution is 2.24. The van der Waals surface area contributed by atoms with Crippen LogP contribution in [0.3, 0.4) is 0 Å². The number of hydrogen-bond acceptors (Lipinski definition) is 3. The minimum absolute atomic E-state index is 0.116. The first-order valence-electron chi connectivity index (χ1n) is 8.01. The summed E-state index contributed by atoms with van der Waals surface area (Å²) in [5.41, 5.74) is 0. The second-order valence-corrected chi connectivity index (χ2v) is 5.89. The topological polar surface area (TPSA) is 61.8 Å². The first-order valence-corrected chi connectivity index (χ1v) is 8.01. The van der Waals surface area contributed by atoms with Crippen molar-refractivity contribution < 1.29 is 14.6 Å². The van der Waals surface area contributed by atoms with Gasteiger partial charge in [0.05, 0.1) is 12.6 Å². The number of para-hydroxylation sites is 1. The SMILES string of the molecule is CN(CC1CCCCC1O)C(=O)NCCOc1ccccc1. The van der Waals surface area contributed by atoms with Crippen LogP contribution in [0.4, 0.5) is 4.79 Å². The quantitative estimate of drug-likeness (QED) is 0.793. The Labute approximate surface area is 132 Å². The first kappa shape index (κ1) is 16.6. The number of urea groups is 1. The van der Waals surface area contributed by atoms with Crippen molar-refractivity contribution in [1.82, 2.24) is 10.2 Å². The summed E-state index contributed by atoms with van der Waals surface area (Å²) in [5, 5.41) is 12.8. The number of rotatable bonds is 6. The smallest absolute Gasteiger partial charge is 0.317 e. The zero-order chi connectivity index (χ0) is 15.8. The van der Waals surface area contributed by atoms with Gasteiger partial charge in [-0.2, -0.15) is 0 Å². The average molecular weight is 306 g/mol. The molecule has 1 aliphatic rings. The standard InChI is InChI=1S/C17H26N2O3/c1-19(13-14-7-5-6-10-16(14)20)17(21)18-11-12-22-15-8-3-2-4-9-15/h2-4,8-9,14,16,20H,5-7,10-13H2,1H3,(H,18,21). The molecule has 1 saturated carbocycles. The number of amides is 2. The van der Waals surface area contributed by atoms with E-state index in [9.17, 15) is 9.90 Å². The predicted octanol–water partition coefficient (Wildman–Crippen LogP) is 2.26. The molecule has 5 heteroatoms. The molecule has 0 aliphatic heterocycles. The van der Waals surface area contributed by atoms with Gasteiger partial charge in [-0.25, -0.2) is 4.79 Å². The number of carbonyl (C=O) groups is 1. The maximum absolute atomic E-state index is 12.0. The average Bonchev–Trinajstić information content (AvgIpc) is 2.54. The van der Waals surface area contributed by atoms with E-state index in [0.717, 1.165) is 31.4 Å². The Morgan fingerprint density at radius 2 is 2.05 bits per heavy atom. The molecule has 1 fully saturated rings. The molecule has 22 heavy (non-hydrogen) atoms. The number of ether oxygens (including phenoxy) is 1. The maximum Gasteiger partial charge on any atom is 0.317 e. The van der Waals surface area contributed by atoms with Crippen LogP contribution in [-0.2, 0) is 0 Å². The van der Waals surface area contributed by atoms with Gasteiger partial charge >= 0.3 is 6.03 Å². The Morgan fingerprint density at radius 3 is 2.77 bits per heavy atom. The molecule has 5 nitrogen and oxygen atoms in total. The highest BCUT2D eigenvalue weighted by molar-refractivity contribution is 5.73. The van der Waals surface area contributed by atoms with Crippen molar-refractivity contribution in [2.24, 2.45) is 5.92 Å². The lowest BCUT2D eigenvalue weighted by Crippen LogP contribution is -2.43. The van der Waals surface area contributed by atoms with Crippen LogP contribution < -0.4 is 10.1 Å². The van der Waals surface area contributed by atoms with Crippen molar-refractivity contribution in [3.8, 4) is 5.75 Å². The number of nitrogens with one attached hydrogen (secondary N) is 1. The monoisotopic (exact) mass is 306 g/mol. The molecule has 2 unspecified atom stereocenters. The van der Waals surface area contributed by atoms with Crippen molar-refractivity contribution in [3.63, 3.8) is 0 Å². The van der Waals surface area contributed by atoms with Gasteiger partial charge in [0, 0.05) is 19.5 Å². The predicted molar refractivity (Wildman–Crippen MR) is 85.9 cm³/mol. The molecule has 0 bridgehead atoms. The summed E-state index contributed by atoms with van der Waals surface area (Å²) >= 11 is 0. The van der Waals surface area contributed by atoms with Gasteiger partial charge in [-0.15, -0.1) is 0 Å². The molecular weight excluding hydrogens is 280 g/mol. The molecule has 1 aromatic carbocycles. The molecule has 0 radical (unpaired) electrons. The number of carbonyl (C=O) groups excluding carboxylic acids is 1. The Hall–Kier alpha value is -1.75. The van der Waals surface area contributed by atoms with E-state index in [4.69, 9.17) is 4.74 Å². The summed E-state index contributed by atoms with van der Waals surface area (Å²) in [6.07, 6.45) is 3.80. The van der Waals surface area contributed by atoms with Crippen molar-refractivity contribution >= 4 is 6.03 Å². The van der Waals surface area contributed by atoms with Gasteiger partial charge in [-0.1, -0.05) is 31.0 Å². The zero-order valence-electron chi connectivity index (χ0n) is 13.2. The van der Waals surface area contributed by atoms with Gasteiger partial charge in [-0.05, 0) is 25.0 Å². The molecule has 1 aliphatic carbocycles. The molecule has 0 aromatic heterocycles. The van der Waals surface area contributed by atoms with E-state index in [1.54, 1.807) is 11.9 Å². The van der Waals surface area contributed by atoms with Gasteiger partial charge in [0.25, 0.3) is 0 Å². The first-order chi connectivity index (χ1) is 10.7. The fraction of sp³-hybridized carbons (Fsp3) is 0.588. The van der Waals surface area contributed by atoms with Crippen molar-refractivity contribution in [2.45, 2.75) is 31.8 Å². The zero-order valence-corrected chi connectivity index (χ0v) is 13.2. The van der Waals surface area contributed by atoms with E-state index < -0.39 is 0 Å². The molecule has 0 spiro atoms. The summed E-state index contributed by atoms with van der Waals surface area (Å²) in [5.74, 6) is 1.00. The molecule has 2 amide bonds. The highest BCUT2D eigenvalue weighted by atomic mass is 16.5. The number of nitrogens with zero attached hydrogens (tertiary/aromatic N) is 1. The van der Waals surface area contributed by atoms with Crippen LogP contribution in [0.15, 0.2) is 30.3 Å². The van der Waals surface area contributed by atoms with Crippen LogP contribution in [0.25, 0.3) is 0 Å². The number of aliphatic hydroxyl groups is 1. The second kappa shape index (κ2) is 8.63. The summed E-state index contributed by atoms with van der Waals surface area (Å²) < 4.78 is 5.53. The largest absolute Gasteiger partial charge is 0.492 e.